The van der Waals surface area contributed by atoms with E-state index in [4.69, 9.17) is 10.3 Å². The first-order chi connectivity index (χ1) is 19.7. The monoisotopic (exact) mass is 555 g/mol. The third kappa shape index (κ3) is 6.63. The lowest BCUT2D eigenvalue weighted by Gasteiger charge is -2.25. The highest BCUT2D eigenvalue weighted by molar-refractivity contribution is 6.11. The van der Waals surface area contributed by atoms with E-state index in [1.807, 2.05) is 62.4 Å². The van der Waals surface area contributed by atoms with Gasteiger partial charge in [0, 0.05) is 23.2 Å². The molecule has 1 aliphatic heterocycles. The molecule has 9 nitrogen and oxygen atoms in total. The molecule has 1 aliphatic rings. The van der Waals surface area contributed by atoms with E-state index in [0.29, 0.717) is 46.9 Å². The summed E-state index contributed by atoms with van der Waals surface area (Å²) in [4.78, 5) is 41.2. The maximum atomic E-state index is 13.8. The van der Waals surface area contributed by atoms with Crippen LogP contribution < -0.4 is 20.9 Å². The molecule has 9 heteroatoms. The van der Waals surface area contributed by atoms with E-state index in [-0.39, 0.29) is 36.1 Å². The Morgan fingerprint density at radius 1 is 1.05 bits per heavy atom. The molecule has 2 heterocycles. The molecule has 3 N–H and O–H groups in total. The number of hydrogen-bond donors (Lipinski definition) is 2. The molecule has 1 aromatic heterocycles. The number of carbonyl (C=O) groups excluding carboxylic acids is 3. The van der Waals surface area contributed by atoms with E-state index in [1.54, 1.807) is 48.0 Å². The van der Waals surface area contributed by atoms with Crippen LogP contribution in [0.1, 0.15) is 49.7 Å². The topological polar surface area (TPSA) is 122 Å². The summed E-state index contributed by atoms with van der Waals surface area (Å²) in [6.07, 6.45) is 1.51. The van der Waals surface area contributed by atoms with Crippen molar-refractivity contribution in [2.75, 3.05) is 29.1 Å². The molecule has 0 bridgehead atoms. The SMILES string of the molecule is CCCC1CN(C(=O)c2ccc(N)cc2)c2ccccc2N(Cc2noc3ccccc23)C1=O.CN[C@@H](C)C(C)=O. The van der Waals surface area contributed by atoms with Crippen LogP contribution in [0, 0.1) is 5.92 Å². The first kappa shape index (κ1) is 29.5. The molecule has 2 atom stereocenters. The number of aromatic nitrogens is 1. The minimum atomic E-state index is -0.340. The normalized spacial score (nSPS) is 15.5. The Bertz CT molecular complexity index is 1510. The fourth-order valence-electron chi connectivity index (χ4n) is 4.76. The van der Waals surface area contributed by atoms with Crippen LogP contribution in [0.25, 0.3) is 11.0 Å². The van der Waals surface area contributed by atoms with Gasteiger partial charge in [0.25, 0.3) is 5.91 Å². The standard InChI is InChI=1S/C27H26N4O3.C5H11NO/c1-2-7-19-16-30(26(32)18-12-14-20(28)15-13-18)23-9-4-5-10-24(23)31(27(19)33)17-22-21-8-3-6-11-25(21)34-29-22;1-4(6-3)5(2)7/h3-6,8-15,19H,2,7,16-17,28H2,1H3;4,6H,1-3H3/t;4-/m.0/s1. The van der Waals surface area contributed by atoms with Crippen LogP contribution in [0.2, 0.25) is 0 Å². The number of Topliss-reactive ketones (excluding diaryl/α,β-unsaturated/α-hetero) is 1. The number of para-hydroxylation sites is 3. The summed E-state index contributed by atoms with van der Waals surface area (Å²) in [5.41, 5.74) is 9.69. The van der Waals surface area contributed by atoms with Gasteiger partial charge in [-0.05, 0) is 75.8 Å². The Labute approximate surface area is 240 Å². The van der Waals surface area contributed by atoms with Crippen molar-refractivity contribution in [2.45, 2.75) is 46.2 Å². The third-order valence-electron chi connectivity index (χ3n) is 7.32. The van der Waals surface area contributed by atoms with Crippen LogP contribution in [-0.2, 0) is 16.1 Å². The van der Waals surface area contributed by atoms with E-state index >= 15 is 0 Å². The molecule has 3 aromatic carbocycles. The van der Waals surface area contributed by atoms with Gasteiger partial charge in [-0.15, -0.1) is 0 Å². The Morgan fingerprint density at radius 3 is 2.34 bits per heavy atom. The zero-order chi connectivity index (χ0) is 29.5. The largest absolute Gasteiger partial charge is 0.399 e. The molecule has 2 amide bonds. The summed E-state index contributed by atoms with van der Waals surface area (Å²) in [6, 6.07) is 22.0. The molecular weight excluding hydrogens is 518 g/mol. The quantitative estimate of drug-likeness (QED) is 0.301. The second-order valence-corrected chi connectivity index (χ2v) is 10.2. The summed E-state index contributed by atoms with van der Waals surface area (Å²) in [5.74, 6) is -0.333. The van der Waals surface area contributed by atoms with E-state index < -0.39 is 0 Å². The Balaban J connectivity index is 0.000000493. The molecule has 1 unspecified atom stereocenters. The minimum absolute atomic E-state index is 0.0139. The van der Waals surface area contributed by atoms with Crippen LogP contribution in [0.3, 0.4) is 0 Å². The number of carbonyl (C=O) groups is 3. The van der Waals surface area contributed by atoms with E-state index in [2.05, 4.69) is 10.5 Å². The van der Waals surface area contributed by atoms with Crippen LogP contribution in [-0.4, -0.2) is 42.4 Å². The van der Waals surface area contributed by atoms with Gasteiger partial charge in [0.1, 0.15) is 11.5 Å². The van der Waals surface area contributed by atoms with Crippen molar-refractivity contribution < 1.29 is 18.9 Å². The summed E-state index contributed by atoms with van der Waals surface area (Å²) in [5, 5.41) is 7.94. The Hall–Kier alpha value is -4.50. The molecule has 0 saturated carbocycles. The highest BCUT2D eigenvalue weighted by Crippen LogP contribution is 2.37. The highest BCUT2D eigenvalue weighted by Gasteiger charge is 2.36. The van der Waals surface area contributed by atoms with Gasteiger partial charge < -0.3 is 25.4 Å². The Morgan fingerprint density at radius 2 is 1.71 bits per heavy atom. The number of benzene rings is 3. The number of nitrogens with one attached hydrogen (secondary N) is 1. The van der Waals surface area contributed by atoms with Gasteiger partial charge in [0.05, 0.1) is 29.9 Å². The fraction of sp³-hybridized carbons (Fsp3) is 0.312. The van der Waals surface area contributed by atoms with Crippen LogP contribution in [0.5, 0.6) is 0 Å². The van der Waals surface area contributed by atoms with Gasteiger partial charge in [0.15, 0.2) is 5.58 Å². The number of hydrogen-bond acceptors (Lipinski definition) is 7. The average Bonchev–Trinajstić information content (AvgIpc) is 3.35. The second-order valence-electron chi connectivity index (χ2n) is 10.2. The van der Waals surface area contributed by atoms with Gasteiger partial charge in [0.2, 0.25) is 5.91 Å². The van der Waals surface area contributed by atoms with Crippen molar-refractivity contribution in [1.82, 2.24) is 10.5 Å². The zero-order valence-corrected chi connectivity index (χ0v) is 24.0. The number of nitrogen functional groups attached to an aromatic ring is 1. The number of anilines is 3. The van der Waals surface area contributed by atoms with E-state index in [1.165, 1.54) is 0 Å². The number of nitrogens with two attached hydrogens (primary N) is 1. The summed E-state index contributed by atoms with van der Waals surface area (Å²) < 4.78 is 5.48. The zero-order valence-electron chi connectivity index (χ0n) is 24.0. The molecule has 41 heavy (non-hydrogen) atoms. The smallest absolute Gasteiger partial charge is 0.258 e. The molecule has 0 fully saturated rings. The molecule has 0 saturated heterocycles. The predicted octanol–water partition coefficient (Wildman–Crippen LogP) is 5.20. The minimum Gasteiger partial charge on any atom is -0.399 e. The molecular formula is C32H37N5O4. The maximum Gasteiger partial charge on any atom is 0.258 e. The molecule has 0 spiro atoms. The maximum absolute atomic E-state index is 13.8. The third-order valence-corrected chi connectivity index (χ3v) is 7.32. The van der Waals surface area contributed by atoms with E-state index in [0.717, 1.165) is 11.8 Å². The van der Waals surface area contributed by atoms with E-state index in [9.17, 15) is 14.4 Å². The predicted molar refractivity (Wildman–Crippen MR) is 162 cm³/mol. The lowest BCUT2D eigenvalue weighted by molar-refractivity contribution is -0.122. The number of rotatable bonds is 7. The summed E-state index contributed by atoms with van der Waals surface area (Å²) >= 11 is 0. The average molecular weight is 556 g/mol. The van der Waals surface area contributed by atoms with Crippen molar-refractivity contribution >= 4 is 45.6 Å². The number of fused-ring (bicyclic) bond motifs is 2. The van der Waals surface area contributed by atoms with Crippen molar-refractivity contribution in [3.05, 3.63) is 84.1 Å². The van der Waals surface area contributed by atoms with Gasteiger partial charge >= 0.3 is 0 Å². The summed E-state index contributed by atoms with van der Waals surface area (Å²) in [7, 11) is 1.77. The molecule has 4 aromatic rings. The van der Waals surface area contributed by atoms with Crippen molar-refractivity contribution in [2.24, 2.45) is 5.92 Å². The highest BCUT2D eigenvalue weighted by atomic mass is 16.5. The number of amides is 2. The van der Waals surface area contributed by atoms with Crippen molar-refractivity contribution in [1.29, 1.82) is 0 Å². The van der Waals surface area contributed by atoms with Crippen molar-refractivity contribution in [3.8, 4) is 0 Å². The number of ketones is 1. The summed E-state index contributed by atoms with van der Waals surface area (Å²) in [6.45, 7) is 6.02. The van der Waals surface area contributed by atoms with Crippen LogP contribution >= 0.6 is 0 Å². The molecule has 0 radical (unpaired) electrons. The number of likely N-dealkylation sites (N-methyl/N-ethyl adjacent to an activating group) is 1. The lowest BCUT2D eigenvalue weighted by atomic mass is 10.0. The van der Waals surface area contributed by atoms with Crippen LogP contribution in [0.4, 0.5) is 17.1 Å². The molecule has 214 valence electrons. The molecule has 0 aliphatic carbocycles. The fourth-order valence-corrected chi connectivity index (χ4v) is 4.76. The first-order valence-electron chi connectivity index (χ1n) is 13.8. The van der Waals surface area contributed by atoms with Gasteiger partial charge in [-0.3, -0.25) is 14.4 Å². The van der Waals surface area contributed by atoms with Gasteiger partial charge in [-0.1, -0.05) is 42.8 Å². The lowest BCUT2D eigenvalue weighted by Crippen LogP contribution is -2.39. The van der Waals surface area contributed by atoms with Gasteiger partial charge in [-0.25, -0.2) is 0 Å². The molecule has 5 rings (SSSR count). The van der Waals surface area contributed by atoms with Crippen LogP contribution in [0.15, 0.2) is 77.3 Å². The first-order valence-corrected chi connectivity index (χ1v) is 13.8. The van der Waals surface area contributed by atoms with Crippen molar-refractivity contribution in [3.63, 3.8) is 0 Å². The Kier molecular flexibility index (Phi) is 9.52. The van der Waals surface area contributed by atoms with Gasteiger partial charge in [-0.2, -0.15) is 0 Å². The number of nitrogens with zero attached hydrogens (tertiary/aromatic N) is 3. The second kappa shape index (κ2) is 13.2.